The number of nitrogens with one attached hydrogen (secondary N) is 2. The second kappa shape index (κ2) is 5.54. The molecule has 0 aliphatic carbocycles. The maximum Gasteiger partial charge on any atom is 0.147 e. The van der Waals surface area contributed by atoms with E-state index in [0.717, 1.165) is 12.1 Å². The number of hydrogen-bond donors (Lipinski definition) is 2. The Bertz CT molecular complexity index is 617. The highest BCUT2D eigenvalue weighted by molar-refractivity contribution is 7.90. The summed E-state index contributed by atoms with van der Waals surface area (Å²) in [7, 11) is -2.84. The molecule has 0 spiro atoms. The maximum atomic E-state index is 11.0. The molecule has 1 heterocycles. The lowest BCUT2D eigenvalue weighted by Crippen LogP contribution is -2.17. The minimum absolute atomic E-state index is 0.244. The van der Waals surface area contributed by atoms with Crippen LogP contribution in [-0.4, -0.2) is 32.0 Å². The van der Waals surface area contributed by atoms with E-state index in [9.17, 15) is 8.42 Å². The van der Waals surface area contributed by atoms with Gasteiger partial charge in [-0.1, -0.05) is 18.2 Å². The summed E-state index contributed by atoms with van der Waals surface area (Å²) in [5.74, 6) is 0.244. The van der Waals surface area contributed by atoms with Gasteiger partial charge in [-0.15, -0.1) is 0 Å². The van der Waals surface area contributed by atoms with Crippen LogP contribution in [-0.2, 0) is 16.4 Å². The van der Waals surface area contributed by atoms with E-state index in [1.807, 2.05) is 24.4 Å². The summed E-state index contributed by atoms with van der Waals surface area (Å²) >= 11 is 0. The van der Waals surface area contributed by atoms with Crippen LogP contribution in [0.2, 0.25) is 0 Å². The molecule has 98 valence electrons. The summed E-state index contributed by atoms with van der Waals surface area (Å²) in [4.78, 5) is 3.22. The molecule has 0 fully saturated rings. The number of H-pyrrole nitrogens is 1. The van der Waals surface area contributed by atoms with Gasteiger partial charge in [0.1, 0.15) is 9.84 Å². The second-order valence-corrected chi connectivity index (χ2v) is 6.78. The van der Waals surface area contributed by atoms with Crippen molar-refractivity contribution < 1.29 is 8.42 Å². The predicted molar refractivity (Wildman–Crippen MR) is 74.3 cm³/mol. The van der Waals surface area contributed by atoms with E-state index in [1.54, 1.807) is 0 Å². The van der Waals surface area contributed by atoms with Gasteiger partial charge in [-0.3, -0.25) is 0 Å². The smallest absolute Gasteiger partial charge is 0.147 e. The number of para-hydroxylation sites is 1. The summed E-state index contributed by atoms with van der Waals surface area (Å²) in [5.41, 5.74) is 2.34. The van der Waals surface area contributed by atoms with Crippen molar-refractivity contribution in [2.45, 2.75) is 13.0 Å². The Kier molecular flexibility index (Phi) is 4.04. The molecule has 1 aromatic carbocycles. The van der Waals surface area contributed by atoms with Crippen LogP contribution in [0.1, 0.15) is 12.0 Å². The molecule has 0 aliphatic rings. The SMILES string of the molecule is CS(=O)(=O)CCCNCc1c[nH]c2ccccc12. The number of aromatic nitrogens is 1. The van der Waals surface area contributed by atoms with Crippen LogP contribution in [0.15, 0.2) is 30.5 Å². The van der Waals surface area contributed by atoms with Crippen LogP contribution in [0.25, 0.3) is 10.9 Å². The van der Waals surface area contributed by atoms with Gasteiger partial charge in [-0.05, 0) is 24.6 Å². The second-order valence-electron chi connectivity index (χ2n) is 4.52. The standard InChI is InChI=1S/C13H18N2O2S/c1-18(16,17)8-4-7-14-9-11-10-15-13-6-3-2-5-12(11)13/h2-3,5-6,10,14-15H,4,7-9H2,1H3. The van der Waals surface area contributed by atoms with Gasteiger partial charge in [0.05, 0.1) is 5.75 Å². The molecule has 4 nitrogen and oxygen atoms in total. The topological polar surface area (TPSA) is 62.0 Å². The monoisotopic (exact) mass is 266 g/mol. The van der Waals surface area contributed by atoms with Crippen molar-refractivity contribution in [3.05, 3.63) is 36.0 Å². The molecule has 1 aromatic heterocycles. The molecule has 0 amide bonds. The average molecular weight is 266 g/mol. The van der Waals surface area contributed by atoms with Gasteiger partial charge in [0.25, 0.3) is 0 Å². The lowest BCUT2D eigenvalue weighted by Gasteiger charge is -2.03. The molecule has 0 aliphatic heterocycles. The van der Waals surface area contributed by atoms with E-state index >= 15 is 0 Å². The Balaban J connectivity index is 1.84. The van der Waals surface area contributed by atoms with Gasteiger partial charge in [0.15, 0.2) is 0 Å². The van der Waals surface area contributed by atoms with Crippen molar-refractivity contribution in [2.24, 2.45) is 0 Å². The molecule has 0 saturated heterocycles. The first-order valence-corrected chi connectivity index (χ1v) is 8.06. The zero-order chi connectivity index (χ0) is 13.0. The zero-order valence-electron chi connectivity index (χ0n) is 10.4. The summed E-state index contributed by atoms with van der Waals surface area (Å²) in [5, 5.41) is 4.48. The summed E-state index contributed by atoms with van der Waals surface area (Å²) < 4.78 is 21.9. The van der Waals surface area contributed by atoms with Crippen molar-refractivity contribution in [3.8, 4) is 0 Å². The Morgan fingerprint density at radius 2 is 2.06 bits per heavy atom. The van der Waals surface area contributed by atoms with Crippen LogP contribution in [0, 0.1) is 0 Å². The average Bonchev–Trinajstić information content (AvgIpc) is 2.71. The molecule has 5 heteroatoms. The van der Waals surface area contributed by atoms with Crippen molar-refractivity contribution in [3.63, 3.8) is 0 Å². The number of fused-ring (bicyclic) bond motifs is 1. The number of aromatic amines is 1. The number of sulfone groups is 1. The van der Waals surface area contributed by atoms with E-state index in [2.05, 4.69) is 16.4 Å². The molecule has 0 saturated carbocycles. The van der Waals surface area contributed by atoms with Gasteiger partial charge in [-0.2, -0.15) is 0 Å². The third kappa shape index (κ3) is 3.58. The summed E-state index contributed by atoms with van der Waals surface area (Å²) in [6.07, 6.45) is 3.92. The van der Waals surface area contributed by atoms with Gasteiger partial charge in [0.2, 0.25) is 0 Å². The fourth-order valence-electron chi connectivity index (χ4n) is 1.96. The minimum atomic E-state index is -2.84. The highest BCUT2D eigenvalue weighted by Crippen LogP contribution is 2.17. The van der Waals surface area contributed by atoms with E-state index in [1.165, 1.54) is 17.2 Å². The van der Waals surface area contributed by atoms with Gasteiger partial charge in [-0.25, -0.2) is 8.42 Å². The van der Waals surface area contributed by atoms with Gasteiger partial charge < -0.3 is 10.3 Å². The van der Waals surface area contributed by atoms with Crippen molar-refractivity contribution in [1.29, 1.82) is 0 Å². The highest BCUT2D eigenvalue weighted by Gasteiger charge is 2.03. The van der Waals surface area contributed by atoms with Crippen LogP contribution in [0.5, 0.6) is 0 Å². The van der Waals surface area contributed by atoms with Crippen molar-refractivity contribution in [2.75, 3.05) is 18.6 Å². The number of hydrogen-bond acceptors (Lipinski definition) is 3. The molecular weight excluding hydrogens is 248 g/mol. The van der Waals surface area contributed by atoms with Crippen LogP contribution in [0.4, 0.5) is 0 Å². The first-order chi connectivity index (χ1) is 8.56. The molecule has 0 atom stereocenters. The van der Waals surface area contributed by atoms with Crippen LogP contribution < -0.4 is 5.32 Å². The lowest BCUT2D eigenvalue weighted by atomic mass is 10.2. The van der Waals surface area contributed by atoms with Crippen molar-refractivity contribution in [1.82, 2.24) is 10.3 Å². The third-order valence-electron chi connectivity index (χ3n) is 2.86. The fourth-order valence-corrected chi connectivity index (χ4v) is 2.63. The minimum Gasteiger partial charge on any atom is -0.361 e. The summed E-state index contributed by atoms with van der Waals surface area (Å²) in [6, 6.07) is 8.15. The summed E-state index contributed by atoms with van der Waals surface area (Å²) in [6.45, 7) is 1.47. The first kappa shape index (κ1) is 13.1. The Labute approximate surface area is 107 Å². The molecule has 2 N–H and O–H groups in total. The van der Waals surface area contributed by atoms with Crippen LogP contribution in [0.3, 0.4) is 0 Å². The molecule has 0 bridgehead atoms. The number of benzene rings is 1. The largest absolute Gasteiger partial charge is 0.361 e. The predicted octanol–water partition coefficient (Wildman–Crippen LogP) is 1.69. The Morgan fingerprint density at radius 3 is 2.83 bits per heavy atom. The molecular formula is C13H18N2O2S. The van der Waals surface area contributed by atoms with E-state index in [0.29, 0.717) is 13.0 Å². The molecule has 18 heavy (non-hydrogen) atoms. The lowest BCUT2D eigenvalue weighted by molar-refractivity contribution is 0.594. The van der Waals surface area contributed by atoms with Gasteiger partial charge >= 0.3 is 0 Å². The Hall–Kier alpha value is -1.33. The number of rotatable bonds is 6. The molecule has 2 rings (SSSR count). The van der Waals surface area contributed by atoms with E-state index in [-0.39, 0.29) is 5.75 Å². The molecule has 0 radical (unpaired) electrons. The van der Waals surface area contributed by atoms with Gasteiger partial charge in [0, 0.05) is 29.9 Å². The Morgan fingerprint density at radius 1 is 1.28 bits per heavy atom. The molecule has 2 aromatic rings. The normalized spacial score (nSPS) is 12.1. The van der Waals surface area contributed by atoms with E-state index in [4.69, 9.17) is 0 Å². The van der Waals surface area contributed by atoms with Crippen LogP contribution >= 0.6 is 0 Å². The first-order valence-electron chi connectivity index (χ1n) is 6.00. The van der Waals surface area contributed by atoms with E-state index < -0.39 is 9.84 Å². The maximum absolute atomic E-state index is 11.0. The molecule has 0 unspecified atom stereocenters. The quantitative estimate of drug-likeness (QED) is 0.782. The fraction of sp³-hybridized carbons (Fsp3) is 0.385. The highest BCUT2D eigenvalue weighted by atomic mass is 32.2. The zero-order valence-corrected chi connectivity index (χ0v) is 11.3. The van der Waals surface area contributed by atoms with Crippen molar-refractivity contribution >= 4 is 20.7 Å². The third-order valence-corrected chi connectivity index (χ3v) is 3.89.